The van der Waals surface area contributed by atoms with E-state index >= 15 is 0 Å². The lowest BCUT2D eigenvalue weighted by atomic mass is 10.1. The van der Waals surface area contributed by atoms with Crippen LogP contribution in [0.3, 0.4) is 0 Å². The highest BCUT2D eigenvalue weighted by Crippen LogP contribution is 2.37. The molecule has 0 radical (unpaired) electrons. The first kappa shape index (κ1) is 12.1. The van der Waals surface area contributed by atoms with Crippen LogP contribution in [0.2, 0.25) is 0 Å². The van der Waals surface area contributed by atoms with Crippen LogP contribution in [0.5, 0.6) is 0 Å². The van der Waals surface area contributed by atoms with Crippen molar-refractivity contribution in [1.29, 1.82) is 0 Å². The standard InChI is InChI=1S/C17H16O2/c18-17(14-9-5-2-6-10-14)15-11-16(15)19-12-13-7-3-1-4-8-13/h1-10,15-16H,11-12H2/t15-,16+/m1/s1. The molecule has 0 heterocycles. The van der Waals surface area contributed by atoms with E-state index in [1.165, 1.54) is 0 Å². The summed E-state index contributed by atoms with van der Waals surface area (Å²) in [5.74, 6) is 0.254. The van der Waals surface area contributed by atoms with Gasteiger partial charge in [0, 0.05) is 5.56 Å². The lowest BCUT2D eigenvalue weighted by Gasteiger charge is -2.03. The zero-order valence-electron chi connectivity index (χ0n) is 10.7. The van der Waals surface area contributed by atoms with Crippen LogP contribution in [0.4, 0.5) is 0 Å². The van der Waals surface area contributed by atoms with Crippen molar-refractivity contribution in [3.8, 4) is 0 Å². The van der Waals surface area contributed by atoms with Gasteiger partial charge in [0.25, 0.3) is 0 Å². The van der Waals surface area contributed by atoms with Gasteiger partial charge in [-0.2, -0.15) is 0 Å². The fourth-order valence-corrected chi connectivity index (χ4v) is 2.23. The maximum absolute atomic E-state index is 12.1. The predicted octanol–water partition coefficient (Wildman–Crippen LogP) is 3.47. The number of benzene rings is 2. The minimum atomic E-state index is 0.0473. The lowest BCUT2D eigenvalue weighted by Crippen LogP contribution is -2.07. The van der Waals surface area contributed by atoms with E-state index in [4.69, 9.17) is 4.74 Å². The number of Topliss-reactive ketones (excluding diaryl/α,β-unsaturated/α-hetero) is 1. The zero-order chi connectivity index (χ0) is 13.1. The smallest absolute Gasteiger partial charge is 0.168 e. The van der Waals surface area contributed by atoms with Crippen LogP contribution in [0.15, 0.2) is 60.7 Å². The molecule has 0 bridgehead atoms. The van der Waals surface area contributed by atoms with E-state index in [0.29, 0.717) is 6.61 Å². The molecule has 19 heavy (non-hydrogen) atoms. The molecule has 96 valence electrons. The van der Waals surface area contributed by atoms with Crippen molar-refractivity contribution in [3.63, 3.8) is 0 Å². The number of carbonyl (C=O) groups excluding carboxylic acids is 1. The average molecular weight is 252 g/mol. The fourth-order valence-electron chi connectivity index (χ4n) is 2.23. The van der Waals surface area contributed by atoms with Crippen LogP contribution in [0.1, 0.15) is 22.3 Å². The molecule has 2 heteroatoms. The van der Waals surface area contributed by atoms with E-state index in [9.17, 15) is 4.79 Å². The lowest BCUT2D eigenvalue weighted by molar-refractivity contribution is 0.0792. The summed E-state index contributed by atoms with van der Waals surface area (Å²) in [5.41, 5.74) is 1.94. The molecule has 0 spiro atoms. The van der Waals surface area contributed by atoms with Crippen molar-refractivity contribution in [2.75, 3.05) is 0 Å². The van der Waals surface area contributed by atoms with Crippen molar-refractivity contribution in [2.24, 2.45) is 5.92 Å². The second-order valence-corrected chi connectivity index (χ2v) is 4.91. The van der Waals surface area contributed by atoms with E-state index in [1.54, 1.807) is 0 Å². The second-order valence-electron chi connectivity index (χ2n) is 4.91. The molecule has 2 atom stereocenters. The third kappa shape index (κ3) is 2.91. The highest BCUT2D eigenvalue weighted by molar-refractivity contribution is 5.99. The number of rotatable bonds is 5. The second kappa shape index (κ2) is 5.37. The van der Waals surface area contributed by atoms with Crippen molar-refractivity contribution in [3.05, 3.63) is 71.8 Å². The number of hydrogen-bond donors (Lipinski definition) is 0. The van der Waals surface area contributed by atoms with Crippen molar-refractivity contribution < 1.29 is 9.53 Å². The Kier molecular flexibility index (Phi) is 3.43. The number of hydrogen-bond acceptors (Lipinski definition) is 2. The van der Waals surface area contributed by atoms with Crippen molar-refractivity contribution >= 4 is 5.78 Å². The van der Waals surface area contributed by atoms with Gasteiger partial charge in [-0.05, 0) is 12.0 Å². The van der Waals surface area contributed by atoms with Gasteiger partial charge in [-0.3, -0.25) is 4.79 Å². The summed E-state index contributed by atoms with van der Waals surface area (Å²) in [6.07, 6.45) is 0.938. The van der Waals surface area contributed by atoms with Gasteiger partial charge >= 0.3 is 0 Å². The molecule has 0 aliphatic heterocycles. The maximum atomic E-state index is 12.1. The SMILES string of the molecule is O=C(c1ccccc1)[C@@H]1C[C@@H]1OCc1ccccc1. The Bertz CT molecular complexity index is 548. The molecule has 1 aliphatic carbocycles. The first-order valence-electron chi connectivity index (χ1n) is 6.59. The predicted molar refractivity (Wildman–Crippen MR) is 73.9 cm³/mol. The molecule has 0 N–H and O–H groups in total. The Balaban J connectivity index is 1.53. The van der Waals surface area contributed by atoms with Crippen molar-refractivity contribution in [1.82, 2.24) is 0 Å². The summed E-state index contributed by atoms with van der Waals surface area (Å²) in [6, 6.07) is 19.5. The van der Waals surface area contributed by atoms with Crippen LogP contribution in [-0.2, 0) is 11.3 Å². The molecule has 0 amide bonds. The number of carbonyl (C=O) groups is 1. The third-order valence-corrected chi connectivity index (χ3v) is 3.43. The van der Waals surface area contributed by atoms with Gasteiger partial charge in [-0.1, -0.05) is 60.7 Å². The molecular formula is C17H16O2. The van der Waals surface area contributed by atoms with Crippen LogP contribution in [-0.4, -0.2) is 11.9 Å². The van der Waals surface area contributed by atoms with Crippen molar-refractivity contribution in [2.45, 2.75) is 19.1 Å². The number of ether oxygens (including phenoxy) is 1. The molecule has 1 saturated carbocycles. The normalized spacial score (nSPS) is 21.1. The van der Waals surface area contributed by atoms with Gasteiger partial charge in [0.2, 0.25) is 0 Å². The van der Waals surface area contributed by atoms with Crippen LogP contribution < -0.4 is 0 Å². The highest BCUT2D eigenvalue weighted by atomic mass is 16.5. The minimum absolute atomic E-state index is 0.0473. The molecule has 2 aromatic carbocycles. The van der Waals surface area contributed by atoms with Gasteiger partial charge in [-0.15, -0.1) is 0 Å². The zero-order valence-corrected chi connectivity index (χ0v) is 10.7. The molecule has 2 nitrogen and oxygen atoms in total. The Labute approximate surface area is 113 Å². The summed E-state index contributed by atoms with van der Waals surface area (Å²) in [5, 5.41) is 0. The fraction of sp³-hybridized carbons (Fsp3) is 0.235. The van der Waals surface area contributed by atoms with Crippen LogP contribution in [0, 0.1) is 5.92 Å². The minimum Gasteiger partial charge on any atom is -0.373 e. The van der Waals surface area contributed by atoms with Gasteiger partial charge in [-0.25, -0.2) is 0 Å². The Morgan fingerprint density at radius 3 is 2.32 bits per heavy atom. The molecule has 3 rings (SSSR count). The molecule has 1 fully saturated rings. The van der Waals surface area contributed by atoms with E-state index in [1.807, 2.05) is 60.7 Å². The van der Waals surface area contributed by atoms with E-state index in [2.05, 4.69) is 0 Å². The molecule has 0 aromatic heterocycles. The Hall–Kier alpha value is -1.93. The summed E-state index contributed by atoms with van der Waals surface area (Å²) in [7, 11) is 0. The van der Waals surface area contributed by atoms with E-state index < -0.39 is 0 Å². The van der Waals surface area contributed by atoms with Gasteiger partial charge in [0.1, 0.15) is 0 Å². The topological polar surface area (TPSA) is 26.3 Å². The van der Waals surface area contributed by atoms with E-state index in [0.717, 1.165) is 17.5 Å². The summed E-state index contributed by atoms with van der Waals surface area (Å²) < 4.78 is 5.77. The molecule has 1 aliphatic rings. The first-order chi connectivity index (χ1) is 9.34. The largest absolute Gasteiger partial charge is 0.373 e. The highest BCUT2D eigenvalue weighted by Gasteiger charge is 2.44. The van der Waals surface area contributed by atoms with Gasteiger partial charge in [0.05, 0.1) is 18.6 Å². The monoisotopic (exact) mass is 252 g/mol. The third-order valence-electron chi connectivity index (χ3n) is 3.43. The summed E-state index contributed by atoms with van der Waals surface area (Å²) in [4.78, 5) is 12.1. The van der Waals surface area contributed by atoms with Gasteiger partial charge in [0.15, 0.2) is 5.78 Å². The van der Waals surface area contributed by atoms with Crippen LogP contribution >= 0.6 is 0 Å². The quantitative estimate of drug-likeness (QED) is 0.762. The molecule has 2 aromatic rings. The maximum Gasteiger partial charge on any atom is 0.168 e. The number of ketones is 1. The Morgan fingerprint density at radius 1 is 1.00 bits per heavy atom. The van der Waals surface area contributed by atoms with Crippen LogP contribution in [0.25, 0.3) is 0 Å². The summed E-state index contributed by atoms with van der Waals surface area (Å²) in [6.45, 7) is 0.587. The molecule has 0 saturated heterocycles. The summed E-state index contributed by atoms with van der Waals surface area (Å²) >= 11 is 0. The molecular weight excluding hydrogens is 236 g/mol. The Morgan fingerprint density at radius 2 is 1.63 bits per heavy atom. The average Bonchev–Trinajstić information content (AvgIpc) is 3.26. The van der Waals surface area contributed by atoms with Gasteiger partial charge < -0.3 is 4.74 Å². The van der Waals surface area contributed by atoms with E-state index in [-0.39, 0.29) is 17.8 Å². The molecule has 0 unspecified atom stereocenters. The first-order valence-corrected chi connectivity index (χ1v) is 6.59.